The maximum atomic E-state index is 11.2. The van der Waals surface area contributed by atoms with Gasteiger partial charge >= 0.3 is 0 Å². The number of rotatable bonds is 4. The topological polar surface area (TPSA) is 63.2 Å². The van der Waals surface area contributed by atoms with E-state index in [1.165, 1.54) is 18.4 Å². The third-order valence-electron chi connectivity index (χ3n) is 2.10. The van der Waals surface area contributed by atoms with Crippen LogP contribution in [0.25, 0.3) is 6.08 Å². The van der Waals surface area contributed by atoms with Gasteiger partial charge in [-0.1, -0.05) is 19.1 Å². The first kappa shape index (κ1) is 13.4. The van der Waals surface area contributed by atoms with Gasteiger partial charge in [0.2, 0.25) is 5.91 Å². The molecule has 0 aromatic heterocycles. The van der Waals surface area contributed by atoms with E-state index in [1.54, 1.807) is 31.2 Å². The molecular weight excluding hydrogens is 238 g/mol. The van der Waals surface area contributed by atoms with Crippen LogP contribution in [0, 0.1) is 0 Å². The summed E-state index contributed by atoms with van der Waals surface area (Å²) in [6, 6.07) is 6.93. The second-order valence-corrected chi connectivity index (χ2v) is 5.73. The molecule has 0 aliphatic heterocycles. The molecule has 0 aliphatic carbocycles. The van der Waals surface area contributed by atoms with Crippen molar-refractivity contribution in [1.82, 2.24) is 0 Å². The Hall–Kier alpha value is -1.62. The van der Waals surface area contributed by atoms with Crippen LogP contribution in [0.4, 0.5) is 5.69 Å². The van der Waals surface area contributed by atoms with E-state index < -0.39 is 9.84 Å². The Balaban J connectivity index is 2.79. The molecule has 4 nitrogen and oxygen atoms in total. The predicted molar refractivity (Wildman–Crippen MR) is 69.2 cm³/mol. The molecule has 1 aromatic carbocycles. The molecule has 0 bridgehead atoms. The van der Waals surface area contributed by atoms with Crippen molar-refractivity contribution in [3.8, 4) is 0 Å². The van der Waals surface area contributed by atoms with Crippen molar-refractivity contribution in [2.24, 2.45) is 0 Å². The Bertz CT molecular complexity index is 515. The van der Waals surface area contributed by atoms with Crippen LogP contribution in [0.1, 0.15) is 19.4 Å². The average Bonchev–Trinajstić information content (AvgIpc) is 2.28. The van der Waals surface area contributed by atoms with E-state index in [4.69, 9.17) is 0 Å². The maximum Gasteiger partial charge on any atom is 0.221 e. The number of anilines is 1. The van der Waals surface area contributed by atoms with E-state index in [1.807, 2.05) is 0 Å². The summed E-state index contributed by atoms with van der Waals surface area (Å²) < 4.78 is 22.5. The molecule has 0 unspecified atom stereocenters. The molecule has 0 radical (unpaired) electrons. The van der Waals surface area contributed by atoms with Crippen LogP contribution in [0.5, 0.6) is 0 Å². The zero-order valence-corrected chi connectivity index (χ0v) is 10.6. The minimum absolute atomic E-state index is 0.0907. The summed E-state index contributed by atoms with van der Waals surface area (Å²) in [4.78, 5) is 10.8. The van der Waals surface area contributed by atoms with Crippen molar-refractivity contribution in [3.63, 3.8) is 0 Å². The first-order valence-corrected chi connectivity index (χ1v) is 6.93. The second kappa shape index (κ2) is 5.63. The molecule has 0 spiro atoms. The Kier molecular flexibility index (Phi) is 4.45. The molecule has 1 rings (SSSR count). The van der Waals surface area contributed by atoms with Crippen molar-refractivity contribution in [3.05, 3.63) is 35.2 Å². The molecule has 0 fully saturated rings. The fourth-order valence-corrected chi connectivity index (χ4v) is 1.72. The number of carbonyl (C=O) groups excluding carboxylic acids is 1. The molecule has 92 valence electrons. The van der Waals surface area contributed by atoms with Crippen molar-refractivity contribution in [2.75, 3.05) is 11.1 Å². The lowest BCUT2D eigenvalue weighted by molar-refractivity contribution is -0.114. The number of hydrogen-bond donors (Lipinski definition) is 1. The maximum absolute atomic E-state index is 11.2. The lowest BCUT2D eigenvalue weighted by Crippen LogP contribution is -2.05. The van der Waals surface area contributed by atoms with Crippen molar-refractivity contribution < 1.29 is 13.2 Å². The summed E-state index contributed by atoms with van der Waals surface area (Å²) in [6.45, 7) is 3.03. The normalized spacial score (nSPS) is 11.6. The minimum atomic E-state index is -3.10. The quantitative estimate of drug-likeness (QED) is 0.893. The number of sulfone groups is 1. The van der Waals surface area contributed by atoms with E-state index in [0.29, 0.717) is 5.69 Å². The summed E-state index contributed by atoms with van der Waals surface area (Å²) in [6.07, 6.45) is 1.54. The highest BCUT2D eigenvalue weighted by Gasteiger charge is 2.00. The van der Waals surface area contributed by atoms with Crippen molar-refractivity contribution in [2.45, 2.75) is 13.8 Å². The molecule has 0 saturated carbocycles. The van der Waals surface area contributed by atoms with Gasteiger partial charge in [-0.15, -0.1) is 0 Å². The second-order valence-electron chi connectivity index (χ2n) is 3.56. The molecule has 0 heterocycles. The zero-order valence-electron chi connectivity index (χ0n) is 9.80. The first-order chi connectivity index (χ1) is 7.93. The Morgan fingerprint density at radius 1 is 1.29 bits per heavy atom. The molecule has 1 amide bonds. The molecule has 0 atom stereocenters. The molecule has 0 saturated heterocycles. The minimum Gasteiger partial charge on any atom is -0.326 e. The highest BCUT2D eigenvalue weighted by Crippen LogP contribution is 2.11. The van der Waals surface area contributed by atoms with Gasteiger partial charge in [0, 0.05) is 18.0 Å². The monoisotopic (exact) mass is 253 g/mol. The van der Waals surface area contributed by atoms with E-state index >= 15 is 0 Å². The van der Waals surface area contributed by atoms with Crippen LogP contribution in [-0.4, -0.2) is 20.1 Å². The third kappa shape index (κ3) is 4.82. The van der Waals surface area contributed by atoms with Crippen LogP contribution in [0.2, 0.25) is 0 Å². The van der Waals surface area contributed by atoms with E-state index in [2.05, 4.69) is 5.32 Å². The lowest BCUT2D eigenvalue weighted by atomic mass is 10.2. The van der Waals surface area contributed by atoms with Crippen LogP contribution >= 0.6 is 0 Å². The van der Waals surface area contributed by atoms with Gasteiger partial charge in [0.05, 0.1) is 5.75 Å². The summed E-state index contributed by atoms with van der Waals surface area (Å²) in [5.41, 5.74) is 1.46. The molecule has 17 heavy (non-hydrogen) atoms. The average molecular weight is 253 g/mol. The third-order valence-corrected chi connectivity index (χ3v) is 3.46. The van der Waals surface area contributed by atoms with Crippen LogP contribution in [-0.2, 0) is 14.6 Å². The van der Waals surface area contributed by atoms with Gasteiger partial charge in [0.1, 0.15) is 0 Å². The molecular formula is C12H15NO3S. The van der Waals surface area contributed by atoms with Gasteiger partial charge < -0.3 is 5.32 Å². The van der Waals surface area contributed by atoms with Gasteiger partial charge in [-0.3, -0.25) is 4.79 Å². The van der Waals surface area contributed by atoms with Crippen molar-refractivity contribution >= 4 is 27.5 Å². The molecule has 0 aliphatic rings. The highest BCUT2D eigenvalue weighted by molar-refractivity contribution is 7.94. The van der Waals surface area contributed by atoms with E-state index in [0.717, 1.165) is 5.56 Å². The van der Waals surface area contributed by atoms with Crippen LogP contribution in [0.15, 0.2) is 29.7 Å². The molecule has 5 heteroatoms. The lowest BCUT2D eigenvalue weighted by Gasteiger charge is -2.01. The first-order valence-electron chi connectivity index (χ1n) is 5.21. The van der Waals surface area contributed by atoms with Gasteiger partial charge in [0.15, 0.2) is 9.84 Å². The Morgan fingerprint density at radius 2 is 1.88 bits per heavy atom. The van der Waals surface area contributed by atoms with Gasteiger partial charge in [-0.25, -0.2) is 8.42 Å². The van der Waals surface area contributed by atoms with E-state index in [9.17, 15) is 13.2 Å². The predicted octanol–water partition coefficient (Wildman–Crippen LogP) is 2.05. The Morgan fingerprint density at radius 3 is 2.35 bits per heavy atom. The molecule has 1 N–H and O–H groups in total. The number of amides is 1. The molecule has 1 aromatic rings. The summed E-state index contributed by atoms with van der Waals surface area (Å²) >= 11 is 0. The fourth-order valence-electron chi connectivity index (χ4n) is 1.16. The standard InChI is InChI=1S/C12H15NO3S/c1-3-17(15,16)9-8-11-4-6-12(7-5-11)13-10(2)14/h4-9H,3H2,1-2H3,(H,13,14). The number of nitrogens with one attached hydrogen (secondary N) is 1. The van der Waals surface area contributed by atoms with Gasteiger partial charge in [-0.05, 0) is 23.8 Å². The van der Waals surface area contributed by atoms with Crippen LogP contribution < -0.4 is 5.32 Å². The van der Waals surface area contributed by atoms with Gasteiger partial charge in [-0.2, -0.15) is 0 Å². The van der Waals surface area contributed by atoms with E-state index in [-0.39, 0.29) is 11.7 Å². The SMILES string of the molecule is CCS(=O)(=O)C=Cc1ccc(NC(C)=O)cc1. The summed E-state index contributed by atoms with van der Waals surface area (Å²) in [7, 11) is -3.10. The van der Waals surface area contributed by atoms with Crippen molar-refractivity contribution in [1.29, 1.82) is 0 Å². The number of benzene rings is 1. The number of hydrogen-bond acceptors (Lipinski definition) is 3. The summed E-state index contributed by atoms with van der Waals surface area (Å²) in [5, 5.41) is 3.83. The highest BCUT2D eigenvalue weighted by atomic mass is 32.2. The fraction of sp³-hybridized carbons (Fsp3) is 0.250. The smallest absolute Gasteiger partial charge is 0.221 e. The number of carbonyl (C=O) groups is 1. The zero-order chi connectivity index (χ0) is 12.9. The largest absolute Gasteiger partial charge is 0.326 e. The Labute approximate surface area is 101 Å². The van der Waals surface area contributed by atoms with Crippen LogP contribution in [0.3, 0.4) is 0 Å². The summed E-state index contributed by atoms with van der Waals surface area (Å²) in [5.74, 6) is -0.0464. The van der Waals surface area contributed by atoms with Gasteiger partial charge in [0.25, 0.3) is 0 Å².